The second-order valence-electron chi connectivity index (χ2n) is 7.77. The molecule has 0 bridgehead atoms. The van der Waals surface area contributed by atoms with Crippen molar-refractivity contribution in [3.63, 3.8) is 0 Å². The van der Waals surface area contributed by atoms with Gasteiger partial charge >= 0.3 is 0 Å². The minimum Gasteiger partial charge on any atom is -0.383 e. The first-order valence-corrected chi connectivity index (χ1v) is 11.8. The number of carbonyl (C=O) groups is 2. The molecular weight excluding hydrogens is 432 g/mol. The summed E-state index contributed by atoms with van der Waals surface area (Å²) in [6, 6.07) is 9.27. The standard InChI is InChI=1S/C22H32N4O5S/c1-17(2)26(32(29,30)21-10-8-19(9-11-21)23-18(3)27)16-22(28)25(13-14-31-5)15-20-7-6-12-24(20)4/h6-12,17H,13-16H2,1-5H3,(H,23,27). The number of methoxy groups -OCH3 is 1. The number of nitrogens with one attached hydrogen (secondary N) is 1. The number of aromatic nitrogens is 1. The van der Waals surface area contributed by atoms with Crippen LogP contribution >= 0.6 is 0 Å². The van der Waals surface area contributed by atoms with Gasteiger partial charge in [0.15, 0.2) is 0 Å². The van der Waals surface area contributed by atoms with Crippen LogP contribution in [0.5, 0.6) is 0 Å². The van der Waals surface area contributed by atoms with E-state index in [-0.39, 0.29) is 23.3 Å². The number of ether oxygens (including phenoxy) is 1. The fourth-order valence-corrected chi connectivity index (χ4v) is 4.76. The molecule has 10 heteroatoms. The van der Waals surface area contributed by atoms with Gasteiger partial charge in [-0.1, -0.05) is 0 Å². The minimum atomic E-state index is -3.93. The van der Waals surface area contributed by atoms with E-state index in [1.807, 2.05) is 29.9 Å². The van der Waals surface area contributed by atoms with Crippen LogP contribution in [0.1, 0.15) is 26.5 Å². The Morgan fingerprint density at radius 3 is 2.31 bits per heavy atom. The topological polar surface area (TPSA) is 101 Å². The van der Waals surface area contributed by atoms with Crippen LogP contribution in [0.25, 0.3) is 0 Å². The molecule has 0 radical (unpaired) electrons. The second kappa shape index (κ2) is 11.3. The Balaban J connectivity index is 2.24. The van der Waals surface area contributed by atoms with E-state index >= 15 is 0 Å². The normalized spacial score (nSPS) is 11.7. The van der Waals surface area contributed by atoms with Crippen LogP contribution in [0.2, 0.25) is 0 Å². The molecule has 1 N–H and O–H groups in total. The zero-order chi connectivity index (χ0) is 23.9. The minimum absolute atomic E-state index is 0.0546. The number of benzene rings is 1. The van der Waals surface area contributed by atoms with Crippen LogP contribution in [0.15, 0.2) is 47.5 Å². The molecule has 0 fully saturated rings. The quantitative estimate of drug-likeness (QED) is 0.549. The molecule has 176 valence electrons. The molecule has 1 heterocycles. The van der Waals surface area contributed by atoms with Gasteiger partial charge in [0.25, 0.3) is 0 Å². The highest BCUT2D eigenvalue weighted by Crippen LogP contribution is 2.21. The van der Waals surface area contributed by atoms with Crippen molar-refractivity contribution in [2.45, 2.75) is 38.3 Å². The molecule has 1 aromatic heterocycles. The summed E-state index contributed by atoms with van der Waals surface area (Å²) in [5, 5.41) is 2.61. The summed E-state index contributed by atoms with van der Waals surface area (Å²) in [6.45, 7) is 5.58. The Labute approximate surface area is 190 Å². The second-order valence-corrected chi connectivity index (χ2v) is 9.66. The molecule has 1 aromatic carbocycles. The van der Waals surface area contributed by atoms with Gasteiger partial charge in [-0.2, -0.15) is 4.31 Å². The molecule has 2 aromatic rings. The van der Waals surface area contributed by atoms with Gasteiger partial charge in [-0.05, 0) is 50.2 Å². The molecule has 0 aliphatic heterocycles. The molecule has 0 atom stereocenters. The van der Waals surface area contributed by atoms with E-state index < -0.39 is 16.1 Å². The maximum absolute atomic E-state index is 13.3. The number of aryl methyl sites for hydroxylation is 1. The van der Waals surface area contributed by atoms with Gasteiger partial charge in [0.1, 0.15) is 0 Å². The number of hydrogen-bond donors (Lipinski definition) is 1. The maximum atomic E-state index is 13.3. The van der Waals surface area contributed by atoms with E-state index in [0.717, 1.165) is 5.69 Å². The maximum Gasteiger partial charge on any atom is 0.243 e. The first-order chi connectivity index (χ1) is 15.1. The molecule has 0 aliphatic carbocycles. The van der Waals surface area contributed by atoms with Crippen molar-refractivity contribution >= 4 is 27.5 Å². The summed E-state index contributed by atoms with van der Waals surface area (Å²) in [5.41, 5.74) is 1.43. The number of sulfonamides is 1. The molecule has 0 spiro atoms. The first kappa shape index (κ1) is 25.6. The van der Waals surface area contributed by atoms with Crippen LogP contribution in [0, 0.1) is 0 Å². The highest BCUT2D eigenvalue weighted by atomic mass is 32.2. The molecular formula is C22H32N4O5S. The zero-order valence-corrected chi connectivity index (χ0v) is 20.1. The number of nitrogens with zero attached hydrogens (tertiary/aromatic N) is 3. The predicted molar refractivity (Wildman–Crippen MR) is 122 cm³/mol. The van der Waals surface area contributed by atoms with Crippen molar-refractivity contribution in [2.75, 3.05) is 32.1 Å². The van der Waals surface area contributed by atoms with Crippen LogP contribution < -0.4 is 5.32 Å². The van der Waals surface area contributed by atoms with Crippen molar-refractivity contribution in [1.82, 2.24) is 13.8 Å². The summed E-state index contributed by atoms with van der Waals surface area (Å²) in [7, 11) is -0.479. The molecule has 9 nitrogen and oxygen atoms in total. The average molecular weight is 465 g/mol. The van der Waals surface area contributed by atoms with Crippen LogP contribution in [0.3, 0.4) is 0 Å². The van der Waals surface area contributed by atoms with Gasteiger partial charge in [0, 0.05) is 51.2 Å². The van der Waals surface area contributed by atoms with Gasteiger partial charge in [-0.15, -0.1) is 0 Å². The number of amides is 2. The lowest BCUT2D eigenvalue weighted by Crippen LogP contribution is -2.46. The van der Waals surface area contributed by atoms with Gasteiger partial charge in [-0.25, -0.2) is 8.42 Å². The molecule has 0 unspecified atom stereocenters. The molecule has 0 saturated heterocycles. The lowest BCUT2D eigenvalue weighted by Gasteiger charge is -2.29. The van der Waals surface area contributed by atoms with Gasteiger partial charge in [0.05, 0.1) is 24.6 Å². The summed E-state index contributed by atoms with van der Waals surface area (Å²) in [4.78, 5) is 26.0. The van der Waals surface area contributed by atoms with Crippen LogP contribution in [-0.2, 0) is 37.9 Å². The number of anilines is 1. The van der Waals surface area contributed by atoms with E-state index in [9.17, 15) is 18.0 Å². The van der Waals surface area contributed by atoms with Crippen LogP contribution in [-0.4, -0.2) is 66.9 Å². The van der Waals surface area contributed by atoms with E-state index in [4.69, 9.17) is 4.74 Å². The summed E-state index contributed by atoms with van der Waals surface area (Å²) < 4.78 is 34.8. The van der Waals surface area contributed by atoms with E-state index in [0.29, 0.717) is 25.4 Å². The number of hydrogen-bond acceptors (Lipinski definition) is 5. The van der Waals surface area contributed by atoms with E-state index in [1.54, 1.807) is 25.9 Å². The van der Waals surface area contributed by atoms with E-state index in [1.165, 1.54) is 35.5 Å². The third-order valence-electron chi connectivity index (χ3n) is 4.97. The molecule has 0 saturated carbocycles. The SMILES string of the molecule is COCCN(Cc1cccn1C)C(=O)CN(C(C)C)S(=O)(=O)c1ccc(NC(C)=O)cc1. The van der Waals surface area contributed by atoms with Crippen LogP contribution in [0.4, 0.5) is 5.69 Å². The highest BCUT2D eigenvalue weighted by Gasteiger charge is 2.31. The van der Waals surface area contributed by atoms with Gasteiger partial charge in [-0.3, -0.25) is 9.59 Å². The Hall–Kier alpha value is -2.69. The third-order valence-corrected chi connectivity index (χ3v) is 7.01. The summed E-state index contributed by atoms with van der Waals surface area (Å²) in [5.74, 6) is -0.556. The van der Waals surface area contributed by atoms with Crippen molar-refractivity contribution in [3.8, 4) is 0 Å². The highest BCUT2D eigenvalue weighted by molar-refractivity contribution is 7.89. The molecule has 0 aliphatic rings. The zero-order valence-electron chi connectivity index (χ0n) is 19.2. The summed E-state index contributed by atoms with van der Waals surface area (Å²) >= 11 is 0. The Morgan fingerprint density at radius 2 is 1.81 bits per heavy atom. The number of rotatable bonds is 11. The molecule has 2 rings (SSSR count). The van der Waals surface area contributed by atoms with Gasteiger partial charge in [0.2, 0.25) is 21.8 Å². The third kappa shape index (κ3) is 6.65. The Morgan fingerprint density at radius 1 is 1.16 bits per heavy atom. The largest absolute Gasteiger partial charge is 0.383 e. The van der Waals surface area contributed by atoms with Crippen molar-refractivity contribution < 1.29 is 22.7 Å². The fourth-order valence-electron chi connectivity index (χ4n) is 3.18. The van der Waals surface area contributed by atoms with Gasteiger partial charge < -0.3 is 19.5 Å². The van der Waals surface area contributed by atoms with E-state index in [2.05, 4.69) is 5.32 Å². The average Bonchev–Trinajstić information content (AvgIpc) is 3.13. The molecule has 2 amide bonds. The Bertz CT molecular complexity index is 1020. The predicted octanol–water partition coefficient (Wildman–Crippen LogP) is 2.06. The van der Waals surface area contributed by atoms with Crippen molar-refractivity contribution in [2.24, 2.45) is 7.05 Å². The molecule has 32 heavy (non-hydrogen) atoms. The van der Waals surface area contributed by atoms with Crippen molar-refractivity contribution in [1.29, 1.82) is 0 Å². The fraction of sp³-hybridized carbons (Fsp3) is 0.455. The van der Waals surface area contributed by atoms with Crippen molar-refractivity contribution in [3.05, 3.63) is 48.3 Å². The Kier molecular flexibility index (Phi) is 8.99. The lowest BCUT2D eigenvalue weighted by molar-refractivity contribution is -0.133. The number of carbonyl (C=O) groups excluding carboxylic acids is 2. The first-order valence-electron chi connectivity index (χ1n) is 10.3. The smallest absolute Gasteiger partial charge is 0.243 e. The summed E-state index contributed by atoms with van der Waals surface area (Å²) in [6.07, 6.45) is 1.89. The lowest BCUT2D eigenvalue weighted by atomic mass is 10.3. The monoisotopic (exact) mass is 464 g/mol.